The van der Waals surface area contributed by atoms with Gasteiger partial charge in [-0.25, -0.2) is 0 Å². The molecule has 1 fully saturated rings. The largest absolute Gasteiger partial charge is 0.393 e. The molecule has 1 aliphatic carbocycles. The van der Waals surface area contributed by atoms with Gasteiger partial charge in [0.05, 0.1) is 6.10 Å². The maximum atomic E-state index is 9.97. The molecule has 1 aliphatic rings. The SMILES string of the molecule is CC1CCC[C@H](C(C)(C)C)[C@@H]1O. The minimum absolute atomic E-state index is 0.0706. The zero-order valence-electron chi connectivity index (χ0n) is 8.80. The summed E-state index contributed by atoms with van der Waals surface area (Å²) in [6.07, 6.45) is 3.63. The summed E-state index contributed by atoms with van der Waals surface area (Å²) in [5.74, 6) is 1.00. The highest BCUT2D eigenvalue weighted by Crippen LogP contribution is 2.40. The van der Waals surface area contributed by atoms with Crippen LogP contribution in [0.3, 0.4) is 0 Å². The molecule has 1 nitrogen and oxygen atoms in total. The first-order valence-electron chi connectivity index (χ1n) is 5.11. The maximum Gasteiger partial charge on any atom is 0.0598 e. The summed E-state index contributed by atoms with van der Waals surface area (Å²) >= 11 is 0. The molecule has 0 amide bonds. The van der Waals surface area contributed by atoms with Crippen LogP contribution in [0.4, 0.5) is 0 Å². The highest BCUT2D eigenvalue weighted by atomic mass is 16.3. The van der Waals surface area contributed by atoms with E-state index in [1.165, 1.54) is 19.3 Å². The Morgan fingerprint density at radius 2 is 1.75 bits per heavy atom. The molecule has 1 unspecified atom stereocenters. The molecular weight excluding hydrogens is 148 g/mol. The zero-order chi connectivity index (χ0) is 9.35. The van der Waals surface area contributed by atoms with Crippen LogP contribution in [-0.2, 0) is 0 Å². The fourth-order valence-corrected chi connectivity index (χ4v) is 2.34. The van der Waals surface area contributed by atoms with E-state index >= 15 is 0 Å². The lowest BCUT2D eigenvalue weighted by Gasteiger charge is -2.40. The molecule has 0 heterocycles. The minimum atomic E-state index is -0.0706. The molecule has 72 valence electrons. The molecule has 3 atom stereocenters. The third-order valence-corrected chi connectivity index (χ3v) is 3.28. The lowest BCUT2D eigenvalue weighted by molar-refractivity contribution is -0.0243. The molecule has 1 saturated carbocycles. The fraction of sp³-hybridized carbons (Fsp3) is 1.00. The van der Waals surface area contributed by atoms with Gasteiger partial charge in [-0.05, 0) is 30.1 Å². The smallest absolute Gasteiger partial charge is 0.0598 e. The Hall–Kier alpha value is -0.0400. The van der Waals surface area contributed by atoms with Crippen molar-refractivity contribution in [3.05, 3.63) is 0 Å². The van der Waals surface area contributed by atoms with Crippen LogP contribution >= 0.6 is 0 Å². The summed E-state index contributed by atoms with van der Waals surface area (Å²) in [6.45, 7) is 8.87. The van der Waals surface area contributed by atoms with E-state index in [1.807, 2.05) is 0 Å². The quantitative estimate of drug-likeness (QED) is 0.592. The summed E-state index contributed by atoms with van der Waals surface area (Å²) in [6, 6.07) is 0. The highest BCUT2D eigenvalue weighted by molar-refractivity contribution is 4.86. The van der Waals surface area contributed by atoms with Crippen molar-refractivity contribution in [2.75, 3.05) is 0 Å². The van der Waals surface area contributed by atoms with Gasteiger partial charge in [0.15, 0.2) is 0 Å². The van der Waals surface area contributed by atoms with Crippen LogP contribution in [0.2, 0.25) is 0 Å². The van der Waals surface area contributed by atoms with Gasteiger partial charge in [0.2, 0.25) is 0 Å². The van der Waals surface area contributed by atoms with Gasteiger partial charge < -0.3 is 5.11 Å². The first-order chi connectivity index (χ1) is 5.43. The van der Waals surface area contributed by atoms with E-state index < -0.39 is 0 Å². The Morgan fingerprint density at radius 3 is 2.17 bits per heavy atom. The van der Waals surface area contributed by atoms with Crippen LogP contribution < -0.4 is 0 Å². The van der Waals surface area contributed by atoms with Crippen molar-refractivity contribution in [1.29, 1.82) is 0 Å². The van der Waals surface area contributed by atoms with Crippen LogP contribution in [0.15, 0.2) is 0 Å². The summed E-state index contributed by atoms with van der Waals surface area (Å²) < 4.78 is 0. The van der Waals surface area contributed by atoms with Gasteiger partial charge in [-0.15, -0.1) is 0 Å². The molecule has 1 rings (SSSR count). The van der Waals surface area contributed by atoms with Crippen LogP contribution in [0.5, 0.6) is 0 Å². The zero-order valence-corrected chi connectivity index (χ0v) is 8.80. The van der Waals surface area contributed by atoms with Crippen molar-refractivity contribution in [3.63, 3.8) is 0 Å². The van der Waals surface area contributed by atoms with Crippen LogP contribution in [-0.4, -0.2) is 11.2 Å². The lowest BCUT2D eigenvalue weighted by atomic mass is 9.68. The summed E-state index contributed by atoms with van der Waals surface area (Å²) in [5.41, 5.74) is 0.272. The van der Waals surface area contributed by atoms with Gasteiger partial charge in [0.1, 0.15) is 0 Å². The van der Waals surface area contributed by atoms with Crippen LogP contribution in [0.1, 0.15) is 47.0 Å². The third-order valence-electron chi connectivity index (χ3n) is 3.28. The predicted octanol–water partition coefficient (Wildman–Crippen LogP) is 2.83. The van der Waals surface area contributed by atoms with Gasteiger partial charge in [-0.2, -0.15) is 0 Å². The normalized spacial score (nSPS) is 38.2. The molecule has 0 spiro atoms. The molecule has 1 heteroatoms. The Kier molecular flexibility index (Phi) is 2.82. The molecular formula is C11H22O. The molecule has 0 radical (unpaired) electrons. The Labute approximate surface area is 76.2 Å². The third kappa shape index (κ3) is 2.01. The van der Waals surface area contributed by atoms with E-state index in [0.717, 1.165) is 0 Å². The van der Waals surface area contributed by atoms with Crippen LogP contribution in [0, 0.1) is 17.3 Å². The molecule has 12 heavy (non-hydrogen) atoms. The predicted molar refractivity (Wildman–Crippen MR) is 52.0 cm³/mol. The van der Waals surface area contributed by atoms with E-state index in [4.69, 9.17) is 0 Å². The molecule has 0 aromatic heterocycles. The monoisotopic (exact) mass is 170 g/mol. The van der Waals surface area contributed by atoms with Crippen molar-refractivity contribution >= 4 is 0 Å². The molecule has 0 aliphatic heterocycles. The highest BCUT2D eigenvalue weighted by Gasteiger charge is 2.36. The van der Waals surface area contributed by atoms with Crippen molar-refractivity contribution < 1.29 is 5.11 Å². The Balaban J connectivity index is 2.64. The number of hydrogen-bond donors (Lipinski definition) is 1. The first kappa shape index (κ1) is 10.0. The first-order valence-corrected chi connectivity index (χ1v) is 5.11. The lowest BCUT2D eigenvalue weighted by Crippen LogP contribution is -2.39. The number of aliphatic hydroxyl groups is 1. The summed E-state index contributed by atoms with van der Waals surface area (Å²) in [7, 11) is 0. The summed E-state index contributed by atoms with van der Waals surface area (Å²) in [5, 5.41) is 9.97. The standard InChI is InChI=1S/C11H22O/c1-8-6-5-7-9(10(8)12)11(2,3)4/h8-10,12H,5-7H2,1-4H3/t8?,9-,10+/m0/s1. The van der Waals surface area contributed by atoms with Gasteiger partial charge in [-0.1, -0.05) is 34.1 Å². The van der Waals surface area contributed by atoms with E-state index in [9.17, 15) is 5.11 Å². The van der Waals surface area contributed by atoms with E-state index in [1.54, 1.807) is 0 Å². The van der Waals surface area contributed by atoms with E-state index in [2.05, 4.69) is 27.7 Å². The summed E-state index contributed by atoms with van der Waals surface area (Å²) in [4.78, 5) is 0. The second-order valence-electron chi connectivity index (χ2n) is 5.37. The van der Waals surface area contributed by atoms with E-state index in [-0.39, 0.29) is 11.5 Å². The van der Waals surface area contributed by atoms with Gasteiger partial charge in [-0.3, -0.25) is 0 Å². The molecule has 0 bridgehead atoms. The Bertz CT molecular complexity index is 146. The number of rotatable bonds is 0. The molecule has 1 N–H and O–H groups in total. The van der Waals surface area contributed by atoms with Gasteiger partial charge in [0, 0.05) is 0 Å². The molecule has 0 saturated heterocycles. The fourth-order valence-electron chi connectivity index (χ4n) is 2.34. The van der Waals surface area contributed by atoms with E-state index in [0.29, 0.717) is 11.8 Å². The molecule has 0 aromatic carbocycles. The Morgan fingerprint density at radius 1 is 1.17 bits per heavy atom. The maximum absolute atomic E-state index is 9.97. The average molecular weight is 170 g/mol. The molecule has 0 aromatic rings. The van der Waals surface area contributed by atoms with Gasteiger partial charge >= 0.3 is 0 Å². The van der Waals surface area contributed by atoms with Crippen molar-refractivity contribution in [2.45, 2.75) is 53.1 Å². The van der Waals surface area contributed by atoms with Gasteiger partial charge in [0.25, 0.3) is 0 Å². The van der Waals surface area contributed by atoms with Crippen molar-refractivity contribution in [3.8, 4) is 0 Å². The van der Waals surface area contributed by atoms with Crippen molar-refractivity contribution in [2.24, 2.45) is 17.3 Å². The number of hydrogen-bond acceptors (Lipinski definition) is 1. The van der Waals surface area contributed by atoms with Crippen LogP contribution in [0.25, 0.3) is 0 Å². The van der Waals surface area contributed by atoms with Crippen molar-refractivity contribution in [1.82, 2.24) is 0 Å². The topological polar surface area (TPSA) is 20.2 Å². The second kappa shape index (κ2) is 3.37. The average Bonchev–Trinajstić information content (AvgIpc) is 1.92. The minimum Gasteiger partial charge on any atom is -0.393 e. The second-order valence-corrected chi connectivity index (χ2v) is 5.37. The number of aliphatic hydroxyl groups excluding tert-OH is 1.